The fourth-order valence-corrected chi connectivity index (χ4v) is 1.84. The molecule has 1 aliphatic heterocycles. The molecule has 0 bridgehead atoms. The molecule has 0 aliphatic carbocycles. The molecule has 16 heavy (non-hydrogen) atoms. The maximum Gasteiger partial charge on any atom is 0.347 e. The van der Waals surface area contributed by atoms with Crippen LogP contribution >= 0.6 is 11.8 Å². The third-order valence-corrected chi connectivity index (χ3v) is 2.75. The molecule has 0 aromatic rings. The number of amides is 1. The fourth-order valence-electron chi connectivity index (χ4n) is 1.08. The molecule has 1 fully saturated rings. The topological polar surface area (TPSA) is 81.7 Å². The predicted octanol–water partition coefficient (Wildman–Crippen LogP) is 0.306. The summed E-state index contributed by atoms with van der Waals surface area (Å²) in [4.78, 5) is 33.5. The quantitative estimate of drug-likeness (QED) is 0.720. The van der Waals surface area contributed by atoms with E-state index in [4.69, 9.17) is 4.74 Å². The van der Waals surface area contributed by atoms with E-state index in [0.29, 0.717) is 5.75 Å². The van der Waals surface area contributed by atoms with E-state index in [0.717, 1.165) is 11.8 Å². The number of hydrogen-bond acceptors (Lipinski definition) is 6. The first-order valence-corrected chi connectivity index (χ1v) is 5.83. The number of carbonyl (C=O) groups excluding carboxylic acids is 3. The minimum Gasteiger partial charge on any atom is -0.463 e. The zero-order valence-electron chi connectivity index (χ0n) is 9.02. The van der Waals surface area contributed by atoms with Crippen LogP contribution < -0.4 is 5.32 Å². The van der Waals surface area contributed by atoms with Crippen LogP contribution in [0.15, 0.2) is 0 Å². The average molecular weight is 247 g/mol. The van der Waals surface area contributed by atoms with Crippen LogP contribution in [0.25, 0.3) is 0 Å². The molecule has 1 rings (SSSR count). The van der Waals surface area contributed by atoms with Gasteiger partial charge < -0.3 is 14.8 Å². The van der Waals surface area contributed by atoms with Gasteiger partial charge in [-0.15, -0.1) is 0 Å². The maximum absolute atomic E-state index is 11.5. The first-order valence-electron chi connectivity index (χ1n) is 4.85. The SMILES string of the molecule is CCOC(=O)C(C)OC(=O)C1CSC(=O)N1. The fraction of sp³-hybridized carbons (Fsp3) is 0.667. The molecule has 0 spiro atoms. The second-order valence-electron chi connectivity index (χ2n) is 3.13. The molecule has 2 atom stereocenters. The number of ether oxygens (including phenoxy) is 2. The predicted molar refractivity (Wildman–Crippen MR) is 57.0 cm³/mol. The highest BCUT2D eigenvalue weighted by molar-refractivity contribution is 8.14. The first kappa shape index (κ1) is 12.8. The van der Waals surface area contributed by atoms with Crippen LogP contribution in [0, 0.1) is 0 Å². The number of esters is 2. The van der Waals surface area contributed by atoms with Gasteiger partial charge in [0.1, 0.15) is 6.04 Å². The molecule has 1 amide bonds. The van der Waals surface area contributed by atoms with Crippen molar-refractivity contribution in [2.75, 3.05) is 12.4 Å². The van der Waals surface area contributed by atoms with Crippen LogP contribution in [0.5, 0.6) is 0 Å². The summed E-state index contributed by atoms with van der Waals surface area (Å²) in [5, 5.41) is 2.17. The van der Waals surface area contributed by atoms with Gasteiger partial charge in [-0.05, 0) is 13.8 Å². The Morgan fingerprint density at radius 2 is 2.31 bits per heavy atom. The van der Waals surface area contributed by atoms with Crippen molar-refractivity contribution in [2.45, 2.75) is 26.0 Å². The van der Waals surface area contributed by atoms with E-state index in [1.54, 1.807) is 6.92 Å². The Kier molecular flexibility index (Phi) is 4.60. The molecule has 0 saturated carbocycles. The smallest absolute Gasteiger partial charge is 0.347 e. The van der Waals surface area contributed by atoms with Crippen molar-refractivity contribution < 1.29 is 23.9 Å². The van der Waals surface area contributed by atoms with E-state index in [1.807, 2.05) is 0 Å². The average Bonchev–Trinajstić information content (AvgIpc) is 2.65. The molecule has 0 aromatic carbocycles. The Morgan fingerprint density at radius 1 is 1.62 bits per heavy atom. The Bertz CT molecular complexity index is 306. The van der Waals surface area contributed by atoms with E-state index >= 15 is 0 Å². The van der Waals surface area contributed by atoms with Gasteiger partial charge in [0.25, 0.3) is 5.24 Å². The number of thioether (sulfide) groups is 1. The molecule has 7 heteroatoms. The van der Waals surface area contributed by atoms with Crippen molar-refractivity contribution in [2.24, 2.45) is 0 Å². The van der Waals surface area contributed by atoms with Gasteiger partial charge in [0.2, 0.25) is 0 Å². The molecule has 1 heterocycles. The van der Waals surface area contributed by atoms with Crippen LogP contribution in [0.1, 0.15) is 13.8 Å². The summed E-state index contributed by atoms with van der Waals surface area (Å²) < 4.78 is 9.54. The van der Waals surface area contributed by atoms with Gasteiger partial charge in [0.15, 0.2) is 6.10 Å². The van der Waals surface area contributed by atoms with E-state index < -0.39 is 24.1 Å². The van der Waals surface area contributed by atoms with Gasteiger partial charge in [-0.2, -0.15) is 0 Å². The van der Waals surface area contributed by atoms with Crippen LogP contribution in [-0.4, -0.2) is 41.7 Å². The second-order valence-corrected chi connectivity index (χ2v) is 4.12. The van der Waals surface area contributed by atoms with Crippen molar-refractivity contribution >= 4 is 28.9 Å². The third kappa shape index (κ3) is 3.41. The van der Waals surface area contributed by atoms with E-state index in [-0.39, 0.29) is 11.8 Å². The molecule has 1 N–H and O–H groups in total. The van der Waals surface area contributed by atoms with Gasteiger partial charge in [-0.3, -0.25) is 4.79 Å². The first-order chi connectivity index (χ1) is 7.54. The van der Waals surface area contributed by atoms with Gasteiger partial charge in [0.05, 0.1) is 6.61 Å². The maximum atomic E-state index is 11.5. The summed E-state index contributed by atoms with van der Waals surface area (Å²) in [6.45, 7) is 3.33. The number of nitrogens with one attached hydrogen (secondary N) is 1. The zero-order chi connectivity index (χ0) is 12.1. The highest BCUT2D eigenvalue weighted by Crippen LogP contribution is 2.14. The molecule has 6 nitrogen and oxygen atoms in total. The van der Waals surface area contributed by atoms with Crippen molar-refractivity contribution in [1.29, 1.82) is 0 Å². The molecule has 2 unspecified atom stereocenters. The van der Waals surface area contributed by atoms with Crippen molar-refractivity contribution in [3.8, 4) is 0 Å². The molecule has 90 valence electrons. The van der Waals surface area contributed by atoms with Crippen LogP contribution in [0.2, 0.25) is 0 Å². The monoisotopic (exact) mass is 247 g/mol. The molecular formula is C9H13NO5S. The second kappa shape index (κ2) is 5.74. The third-order valence-electron chi connectivity index (χ3n) is 1.87. The van der Waals surface area contributed by atoms with Crippen LogP contribution in [-0.2, 0) is 19.1 Å². The molecule has 1 saturated heterocycles. The number of hydrogen-bond donors (Lipinski definition) is 1. The van der Waals surface area contributed by atoms with Gasteiger partial charge in [0, 0.05) is 5.75 Å². The van der Waals surface area contributed by atoms with E-state index in [1.165, 1.54) is 6.92 Å². The Labute approximate surface area is 97.0 Å². The number of rotatable bonds is 4. The lowest BCUT2D eigenvalue weighted by atomic mass is 10.3. The number of carbonyl (C=O) groups is 3. The summed E-state index contributed by atoms with van der Waals surface area (Å²) in [6, 6.07) is -0.672. The zero-order valence-corrected chi connectivity index (χ0v) is 9.83. The Hall–Kier alpha value is -1.24. The summed E-state index contributed by atoms with van der Waals surface area (Å²) >= 11 is 1.01. The highest BCUT2D eigenvalue weighted by atomic mass is 32.2. The van der Waals surface area contributed by atoms with Crippen molar-refractivity contribution in [3.05, 3.63) is 0 Å². The standard InChI is InChI=1S/C9H13NO5S/c1-3-14-7(11)5(2)15-8(12)6-4-16-9(13)10-6/h5-6H,3-4H2,1-2H3,(H,10,13). The summed E-state index contributed by atoms with van der Waals surface area (Å²) in [5.74, 6) is -0.876. The van der Waals surface area contributed by atoms with E-state index in [2.05, 4.69) is 10.1 Å². The molecule has 0 radical (unpaired) electrons. The van der Waals surface area contributed by atoms with Crippen LogP contribution in [0.4, 0.5) is 4.79 Å². The van der Waals surface area contributed by atoms with Gasteiger partial charge >= 0.3 is 11.9 Å². The van der Waals surface area contributed by atoms with Crippen molar-refractivity contribution in [3.63, 3.8) is 0 Å². The lowest BCUT2D eigenvalue weighted by Crippen LogP contribution is -2.39. The van der Waals surface area contributed by atoms with E-state index in [9.17, 15) is 14.4 Å². The minimum atomic E-state index is -0.949. The lowest BCUT2D eigenvalue weighted by Gasteiger charge is -2.14. The molecular weight excluding hydrogens is 234 g/mol. The summed E-state index contributed by atoms with van der Waals surface area (Å²) in [5.41, 5.74) is 0. The molecule has 1 aliphatic rings. The van der Waals surface area contributed by atoms with Gasteiger partial charge in [-0.25, -0.2) is 9.59 Å². The highest BCUT2D eigenvalue weighted by Gasteiger charge is 2.31. The largest absolute Gasteiger partial charge is 0.463 e. The van der Waals surface area contributed by atoms with Crippen LogP contribution in [0.3, 0.4) is 0 Å². The lowest BCUT2D eigenvalue weighted by molar-refractivity contribution is -0.166. The summed E-state index contributed by atoms with van der Waals surface area (Å²) in [7, 11) is 0. The Morgan fingerprint density at radius 3 is 2.81 bits per heavy atom. The van der Waals surface area contributed by atoms with Gasteiger partial charge in [-0.1, -0.05) is 11.8 Å². The minimum absolute atomic E-state index is 0.233. The van der Waals surface area contributed by atoms with Crippen molar-refractivity contribution in [1.82, 2.24) is 5.32 Å². The normalized spacial score (nSPS) is 21.1. The molecule has 0 aromatic heterocycles. The Balaban J connectivity index is 2.39. The summed E-state index contributed by atoms with van der Waals surface area (Å²) in [6.07, 6.45) is -0.949.